The first kappa shape index (κ1) is 27.2. The summed E-state index contributed by atoms with van der Waals surface area (Å²) in [7, 11) is 0. The number of carbonyl (C=O) groups excluding carboxylic acids is 4. The highest BCUT2D eigenvalue weighted by Crippen LogP contribution is 2.36. The fraction of sp³-hybridized carbons (Fsp3) is 0.448. The van der Waals surface area contributed by atoms with Crippen molar-refractivity contribution in [1.29, 1.82) is 0 Å². The second kappa shape index (κ2) is 12.6. The van der Waals surface area contributed by atoms with Crippen LogP contribution in [0.1, 0.15) is 51.5 Å². The monoisotopic (exact) mass is 520 g/mol. The van der Waals surface area contributed by atoms with Crippen molar-refractivity contribution in [1.82, 2.24) is 10.2 Å². The number of anilines is 2. The number of hydrogen-bond donors (Lipinski definition) is 2. The van der Waals surface area contributed by atoms with Crippen molar-refractivity contribution in [2.24, 2.45) is 5.92 Å². The van der Waals surface area contributed by atoms with Gasteiger partial charge in [0.2, 0.25) is 17.7 Å². The summed E-state index contributed by atoms with van der Waals surface area (Å²) in [4.78, 5) is 54.9. The summed E-state index contributed by atoms with van der Waals surface area (Å²) in [6.45, 7) is 4.92. The molecule has 1 saturated carbocycles. The molecule has 2 atom stereocenters. The van der Waals surface area contributed by atoms with Crippen LogP contribution in [0.2, 0.25) is 0 Å². The van der Waals surface area contributed by atoms with Gasteiger partial charge in [-0.3, -0.25) is 14.4 Å². The van der Waals surface area contributed by atoms with Crippen LogP contribution < -0.4 is 20.3 Å². The molecule has 38 heavy (non-hydrogen) atoms. The van der Waals surface area contributed by atoms with Gasteiger partial charge in [-0.2, -0.15) is 0 Å². The molecule has 202 valence electrons. The van der Waals surface area contributed by atoms with Crippen molar-refractivity contribution < 1.29 is 23.9 Å². The number of nitrogens with one attached hydrogen (secondary N) is 2. The second-order valence-corrected chi connectivity index (χ2v) is 9.74. The Morgan fingerprint density at radius 1 is 0.947 bits per heavy atom. The molecule has 1 saturated heterocycles. The molecular formula is C29H36N4O5. The lowest BCUT2D eigenvalue weighted by atomic mass is 9.81. The van der Waals surface area contributed by atoms with Gasteiger partial charge in [-0.25, -0.2) is 9.69 Å². The number of carbonyl (C=O) groups is 4. The third-order valence-corrected chi connectivity index (χ3v) is 7.00. The fourth-order valence-electron chi connectivity index (χ4n) is 5.16. The van der Waals surface area contributed by atoms with Crippen LogP contribution in [0.15, 0.2) is 48.5 Å². The molecule has 4 rings (SSSR count). The Morgan fingerprint density at radius 3 is 2.34 bits per heavy atom. The van der Waals surface area contributed by atoms with Crippen molar-refractivity contribution in [3.8, 4) is 5.75 Å². The van der Waals surface area contributed by atoms with Crippen molar-refractivity contribution >= 4 is 35.1 Å². The Kier molecular flexibility index (Phi) is 8.99. The van der Waals surface area contributed by atoms with Gasteiger partial charge in [-0.15, -0.1) is 0 Å². The molecule has 1 aliphatic heterocycles. The molecule has 2 unspecified atom stereocenters. The number of hydrogen-bond acceptors (Lipinski definition) is 5. The van der Waals surface area contributed by atoms with Gasteiger partial charge in [0.25, 0.3) is 0 Å². The maximum Gasteiger partial charge on any atom is 0.332 e. The van der Waals surface area contributed by atoms with Crippen molar-refractivity contribution in [3.05, 3.63) is 54.1 Å². The van der Waals surface area contributed by atoms with Gasteiger partial charge >= 0.3 is 6.03 Å². The summed E-state index contributed by atoms with van der Waals surface area (Å²) in [5.74, 6) is -0.256. The van der Waals surface area contributed by atoms with Gasteiger partial charge in [0.1, 0.15) is 12.3 Å². The molecular weight excluding hydrogens is 484 g/mol. The third-order valence-electron chi connectivity index (χ3n) is 7.00. The Bertz CT molecular complexity index is 1150. The number of amides is 5. The molecule has 2 fully saturated rings. The summed E-state index contributed by atoms with van der Waals surface area (Å²) in [5, 5.41) is 5.70. The SMILES string of the molecule is CCCNC(=O)Cc1ccc(N2C(=O)C3CCCCC3N(CC(=O)Nc3ccc(OCC)cc3)C2=O)cc1. The molecule has 0 bridgehead atoms. The third kappa shape index (κ3) is 6.33. The molecule has 2 N–H and O–H groups in total. The van der Waals surface area contributed by atoms with Crippen LogP contribution in [0.25, 0.3) is 0 Å². The fourth-order valence-corrected chi connectivity index (χ4v) is 5.16. The van der Waals surface area contributed by atoms with Gasteiger partial charge in [-0.05, 0) is 68.1 Å². The minimum atomic E-state index is -0.492. The molecule has 0 aromatic heterocycles. The lowest BCUT2D eigenvalue weighted by molar-refractivity contribution is -0.128. The Labute approximate surface area is 223 Å². The lowest BCUT2D eigenvalue weighted by Gasteiger charge is -2.46. The van der Waals surface area contributed by atoms with Crippen LogP contribution in [0.4, 0.5) is 16.2 Å². The number of urea groups is 1. The Hall–Kier alpha value is -3.88. The number of fused-ring (bicyclic) bond motifs is 1. The Balaban J connectivity index is 1.49. The van der Waals surface area contributed by atoms with Gasteiger partial charge in [0.15, 0.2) is 0 Å². The maximum absolute atomic E-state index is 13.6. The molecule has 9 nitrogen and oxygen atoms in total. The molecule has 2 aromatic carbocycles. The molecule has 1 heterocycles. The van der Waals surface area contributed by atoms with Gasteiger partial charge in [-0.1, -0.05) is 31.9 Å². The average Bonchev–Trinajstić information content (AvgIpc) is 2.92. The molecule has 2 aliphatic rings. The standard InChI is InChI=1S/C29H36N4O5/c1-3-17-30-26(34)18-20-9-13-22(14-10-20)33-28(36)24-7-5-6-8-25(24)32(29(33)37)19-27(35)31-21-11-15-23(16-12-21)38-4-2/h9-16,24-25H,3-8,17-19H2,1-2H3,(H,30,34)(H,31,35). The van der Waals surface area contributed by atoms with E-state index >= 15 is 0 Å². The smallest absolute Gasteiger partial charge is 0.332 e. The number of imide groups is 1. The van der Waals surface area contributed by atoms with Crippen LogP contribution in [-0.2, 0) is 20.8 Å². The number of nitrogens with zero attached hydrogens (tertiary/aromatic N) is 2. The summed E-state index contributed by atoms with van der Waals surface area (Å²) in [5.41, 5.74) is 1.84. The molecule has 1 aliphatic carbocycles. The average molecular weight is 521 g/mol. The van der Waals surface area contributed by atoms with E-state index in [4.69, 9.17) is 4.74 Å². The molecule has 0 spiro atoms. The van der Waals surface area contributed by atoms with E-state index in [0.717, 1.165) is 24.8 Å². The molecule has 9 heteroatoms. The minimum Gasteiger partial charge on any atom is -0.494 e. The first-order valence-electron chi connectivity index (χ1n) is 13.4. The number of benzene rings is 2. The zero-order valence-electron chi connectivity index (χ0n) is 22.1. The zero-order chi connectivity index (χ0) is 27.1. The zero-order valence-corrected chi connectivity index (χ0v) is 22.1. The highest BCUT2D eigenvalue weighted by atomic mass is 16.5. The molecule has 5 amide bonds. The van der Waals surface area contributed by atoms with E-state index in [-0.39, 0.29) is 42.6 Å². The minimum absolute atomic E-state index is 0.0699. The predicted octanol–water partition coefficient (Wildman–Crippen LogP) is 4.12. The van der Waals surface area contributed by atoms with Gasteiger partial charge in [0, 0.05) is 18.3 Å². The van der Waals surface area contributed by atoms with E-state index in [2.05, 4.69) is 10.6 Å². The highest BCUT2D eigenvalue weighted by molar-refractivity contribution is 6.17. The van der Waals surface area contributed by atoms with Crippen molar-refractivity contribution in [2.75, 3.05) is 29.9 Å². The van der Waals surface area contributed by atoms with Crippen LogP contribution in [0.3, 0.4) is 0 Å². The van der Waals surface area contributed by atoms with Gasteiger partial charge in [0.05, 0.1) is 24.6 Å². The summed E-state index contributed by atoms with van der Waals surface area (Å²) < 4.78 is 5.44. The number of rotatable bonds is 10. The van der Waals surface area contributed by atoms with E-state index in [0.29, 0.717) is 43.1 Å². The summed E-state index contributed by atoms with van der Waals surface area (Å²) >= 11 is 0. The Morgan fingerprint density at radius 2 is 1.66 bits per heavy atom. The lowest BCUT2D eigenvalue weighted by Crippen LogP contribution is -2.64. The second-order valence-electron chi connectivity index (χ2n) is 9.74. The van der Waals surface area contributed by atoms with Crippen LogP contribution >= 0.6 is 0 Å². The first-order valence-corrected chi connectivity index (χ1v) is 13.4. The quantitative estimate of drug-likeness (QED) is 0.490. The van der Waals surface area contributed by atoms with Crippen molar-refractivity contribution in [2.45, 2.75) is 58.4 Å². The first-order chi connectivity index (χ1) is 18.4. The van der Waals surface area contributed by atoms with E-state index in [1.54, 1.807) is 53.4 Å². The topological polar surface area (TPSA) is 108 Å². The van der Waals surface area contributed by atoms with Crippen molar-refractivity contribution in [3.63, 3.8) is 0 Å². The summed E-state index contributed by atoms with van der Waals surface area (Å²) in [6.07, 6.45) is 4.28. The number of ether oxygens (including phenoxy) is 1. The van der Waals surface area contributed by atoms with E-state index in [1.807, 2.05) is 13.8 Å². The van der Waals surface area contributed by atoms with E-state index in [9.17, 15) is 19.2 Å². The normalized spacial score (nSPS) is 19.1. The molecule has 0 radical (unpaired) electrons. The van der Waals surface area contributed by atoms with Crippen LogP contribution in [0, 0.1) is 5.92 Å². The highest BCUT2D eigenvalue weighted by Gasteiger charge is 2.48. The van der Waals surface area contributed by atoms with E-state index < -0.39 is 6.03 Å². The largest absolute Gasteiger partial charge is 0.494 e. The van der Waals surface area contributed by atoms with E-state index in [1.165, 1.54) is 4.90 Å². The van der Waals surface area contributed by atoms with Crippen LogP contribution in [0.5, 0.6) is 5.75 Å². The predicted molar refractivity (Wildman–Crippen MR) is 145 cm³/mol. The van der Waals surface area contributed by atoms with Crippen LogP contribution in [-0.4, -0.2) is 54.4 Å². The van der Waals surface area contributed by atoms with Gasteiger partial charge < -0.3 is 20.3 Å². The summed E-state index contributed by atoms with van der Waals surface area (Å²) in [6, 6.07) is 13.2. The molecule has 2 aromatic rings. The maximum atomic E-state index is 13.6.